The Hall–Kier alpha value is -3.41. The van der Waals surface area contributed by atoms with Gasteiger partial charge >= 0.3 is 5.97 Å². The topological polar surface area (TPSA) is 64.4 Å². The molecule has 0 fully saturated rings. The second-order valence-electron chi connectivity index (χ2n) is 7.68. The Balaban J connectivity index is 1.41. The second kappa shape index (κ2) is 8.14. The minimum atomic E-state index is -0.428. The van der Waals surface area contributed by atoms with Gasteiger partial charge < -0.3 is 9.64 Å². The maximum atomic E-state index is 12.7. The van der Waals surface area contributed by atoms with E-state index in [1.54, 1.807) is 4.90 Å². The lowest BCUT2D eigenvalue weighted by Gasteiger charge is -2.22. The number of fused-ring (bicyclic) bond motifs is 1. The summed E-state index contributed by atoms with van der Waals surface area (Å²) >= 11 is 0. The highest BCUT2D eigenvalue weighted by molar-refractivity contribution is 5.97. The molecule has 0 aliphatic carbocycles. The zero-order chi connectivity index (χ0) is 21.3. The maximum absolute atomic E-state index is 12.7. The quantitative estimate of drug-likeness (QED) is 0.611. The van der Waals surface area contributed by atoms with Gasteiger partial charge in [0, 0.05) is 23.0 Å². The summed E-state index contributed by atoms with van der Waals surface area (Å²) in [4.78, 5) is 26.9. The number of ether oxygens (including phenoxy) is 1. The molecule has 30 heavy (non-hydrogen) atoms. The van der Waals surface area contributed by atoms with Gasteiger partial charge in [0.25, 0.3) is 5.91 Å². The summed E-state index contributed by atoms with van der Waals surface area (Å²) in [5.41, 5.74) is 5.49. The van der Waals surface area contributed by atoms with E-state index in [9.17, 15) is 9.59 Å². The van der Waals surface area contributed by atoms with Crippen LogP contribution in [0.1, 0.15) is 29.4 Å². The van der Waals surface area contributed by atoms with E-state index in [4.69, 9.17) is 4.74 Å². The zero-order valence-corrected chi connectivity index (χ0v) is 17.5. The van der Waals surface area contributed by atoms with Crippen LogP contribution in [0.15, 0.2) is 54.6 Å². The fourth-order valence-electron chi connectivity index (χ4n) is 4.10. The molecule has 1 amide bonds. The van der Waals surface area contributed by atoms with E-state index >= 15 is 0 Å². The number of rotatable bonds is 5. The molecule has 0 radical (unpaired) electrons. The minimum absolute atomic E-state index is 0.0576. The van der Waals surface area contributed by atoms with Crippen molar-refractivity contribution in [2.24, 2.45) is 0 Å². The summed E-state index contributed by atoms with van der Waals surface area (Å²) in [6.07, 6.45) is 0.900. The van der Waals surface area contributed by atoms with E-state index in [1.807, 2.05) is 80.1 Å². The molecule has 6 heteroatoms. The summed E-state index contributed by atoms with van der Waals surface area (Å²) in [7, 11) is 0. The van der Waals surface area contributed by atoms with E-state index in [-0.39, 0.29) is 25.0 Å². The number of anilines is 1. The van der Waals surface area contributed by atoms with Crippen molar-refractivity contribution in [2.45, 2.75) is 39.7 Å². The van der Waals surface area contributed by atoms with Gasteiger partial charge in [0.05, 0.1) is 17.8 Å². The summed E-state index contributed by atoms with van der Waals surface area (Å²) in [6, 6.07) is 17.7. The average Bonchev–Trinajstić information content (AvgIpc) is 3.23. The monoisotopic (exact) mass is 403 g/mol. The van der Waals surface area contributed by atoms with Crippen LogP contribution in [-0.4, -0.2) is 34.3 Å². The van der Waals surface area contributed by atoms with E-state index in [0.717, 1.165) is 40.3 Å². The summed E-state index contributed by atoms with van der Waals surface area (Å²) in [5, 5.41) is 4.56. The Morgan fingerprint density at radius 1 is 1.07 bits per heavy atom. The van der Waals surface area contributed by atoms with Crippen LogP contribution in [0.25, 0.3) is 5.69 Å². The smallest absolute Gasteiger partial charge is 0.310 e. The standard InChI is InChI=1S/C24H25N3O3/c1-16-13-19-9-7-8-12-22(19)26(16)23(28)15-30-24(29)14-21-17(2)25-27(18(21)3)20-10-5-4-6-11-20/h4-12,16H,13-15H2,1-3H3/t16-/m0/s1. The highest BCUT2D eigenvalue weighted by Gasteiger charge is 2.31. The van der Waals surface area contributed by atoms with Crippen LogP contribution in [0.3, 0.4) is 0 Å². The van der Waals surface area contributed by atoms with Crippen molar-refractivity contribution in [3.05, 3.63) is 77.1 Å². The fourth-order valence-corrected chi connectivity index (χ4v) is 4.10. The molecule has 1 aromatic heterocycles. The van der Waals surface area contributed by atoms with Crippen LogP contribution in [0.5, 0.6) is 0 Å². The Morgan fingerprint density at radius 3 is 2.53 bits per heavy atom. The third-order valence-electron chi connectivity index (χ3n) is 5.60. The van der Waals surface area contributed by atoms with E-state index in [1.165, 1.54) is 0 Å². The van der Waals surface area contributed by atoms with Crippen molar-refractivity contribution < 1.29 is 14.3 Å². The molecule has 0 saturated carbocycles. The van der Waals surface area contributed by atoms with E-state index in [0.29, 0.717) is 0 Å². The van der Waals surface area contributed by atoms with Crippen LogP contribution in [0.2, 0.25) is 0 Å². The van der Waals surface area contributed by atoms with Crippen molar-refractivity contribution >= 4 is 17.6 Å². The maximum Gasteiger partial charge on any atom is 0.310 e. The molecule has 0 unspecified atom stereocenters. The molecule has 2 aromatic carbocycles. The molecular formula is C24H25N3O3. The molecule has 0 N–H and O–H groups in total. The first-order valence-corrected chi connectivity index (χ1v) is 10.1. The molecule has 3 aromatic rings. The zero-order valence-electron chi connectivity index (χ0n) is 17.5. The second-order valence-corrected chi connectivity index (χ2v) is 7.68. The van der Waals surface area contributed by atoms with Crippen molar-refractivity contribution in [1.82, 2.24) is 9.78 Å². The van der Waals surface area contributed by atoms with E-state index in [2.05, 4.69) is 5.10 Å². The molecule has 2 heterocycles. The van der Waals surface area contributed by atoms with Crippen LogP contribution >= 0.6 is 0 Å². The van der Waals surface area contributed by atoms with Gasteiger partial charge in [-0.25, -0.2) is 4.68 Å². The molecule has 1 aliphatic heterocycles. The molecule has 0 saturated heterocycles. The average molecular weight is 403 g/mol. The molecule has 154 valence electrons. The van der Waals surface area contributed by atoms with Crippen molar-refractivity contribution in [3.8, 4) is 5.69 Å². The number of carbonyl (C=O) groups is 2. The predicted octanol–water partition coefficient (Wildman–Crippen LogP) is 3.55. The Morgan fingerprint density at radius 2 is 1.77 bits per heavy atom. The van der Waals surface area contributed by atoms with Crippen molar-refractivity contribution in [3.63, 3.8) is 0 Å². The van der Waals surface area contributed by atoms with Gasteiger partial charge in [-0.3, -0.25) is 9.59 Å². The number of para-hydroxylation sites is 2. The summed E-state index contributed by atoms with van der Waals surface area (Å²) in [6.45, 7) is 5.56. The van der Waals surface area contributed by atoms with Gasteiger partial charge in [-0.05, 0) is 51.0 Å². The number of benzene rings is 2. The predicted molar refractivity (Wildman–Crippen MR) is 115 cm³/mol. The number of esters is 1. The van der Waals surface area contributed by atoms with Crippen molar-refractivity contribution in [1.29, 1.82) is 0 Å². The lowest BCUT2D eigenvalue weighted by molar-refractivity contribution is -0.147. The lowest BCUT2D eigenvalue weighted by atomic mass is 10.1. The first kappa shape index (κ1) is 19.9. The molecule has 4 rings (SSSR count). The number of aromatic nitrogens is 2. The summed E-state index contributed by atoms with van der Waals surface area (Å²) < 4.78 is 7.17. The molecule has 1 atom stereocenters. The number of carbonyl (C=O) groups excluding carboxylic acids is 2. The Labute approximate surface area is 176 Å². The largest absolute Gasteiger partial charge is 0.455 e. The Bertz CT molecular complexity index is 1090. The molecule has 0 spiro atoms. The molecule has 6 nitrogen and oxygen atoms in total. The Kier molecular flexibility index (Phi) is 5.40. The summed E-state index contributed by atoms with van der Waals surface area (Å²) in [5.74, 6) is -0.628. The van der Waals surface area contributed by atoms with Gasteiger partial charge in [0.2, 0.25) is 0 Å². The van der Waals surface area contributed by atoms with Gasteiger partial charge in [-0.2, -0.15) is 5.10 Å². The van der Waals surface area contributed by atoms with Crippen LogP contribution < -0.4 is 4.90 Å². The normalized spacial score (nSPS) is 15.2. The SMILES string of the molecule is Cc1nn(-c2ccccc2)c(C)c1CC(=O)OCC(=O)N1c2ccccc2C[C@@H]1C. The minimum Gasteiger partial charge on any atom is -0.455 e. The van der Waals surface area contributed by atoms with Crippen LogP contribution in [0, 0.1) is 13.8 Å². The number of nitrogens with zero attached hydrogens (tertiary/aromatic N) is 3. The number of amides is 1. The van der Waals surface area contributed by atoms with Gasteiger partial charge in [-0.1, -0.05) is 36.4 Å². The third kappa shape index (κ3) is 3.73. The first-order chi connectivity index (χ1) is 14.5. The highest BCUT2D eigenvalue weighted by Crippen LogP contribution is 2.31. The van der Waals surface area contributed by atoms with Crippen LogP contribution in [0.4, 0.5) is 5.69 Å². The van der Waals surface area contributed by atoms with E-state index < -0.39 is 5.97 Å². The number of hydrogen-bond donors (Lipinski definition) is 0. The lowest BCUT2D eigenvalue weighted by Crippen LogP contribution is -2.38. The van der Waals surface area contributed by atoms with Crippen molar-refractivity contribution in [2.75, 3.05) is 11.5 Å². The third-order valence-corrected chi connectivity index (χ3v) is 5.60. The first-order valence-electron chi connectivity index (χ1n) is 10.1. The number of aryl methyl sites for hydroxylation is 1. The van der Waals surface area contributed by atoms with Gasteiger partial charge in [0.15, 0.2) is 6.61 Å². The molecule has 0 bridgehead atoms. The number of hydrogen-bond acceptors (Lipinski definition) is 4. The van der Waals surface area contributed by atoms with Gasteiger partial charge in [-0.15, -0.1) is 0 Å². The fraction of sp³-hybridized carbons (Fsp3) is 0.292. The van der Waals surface area contributed by atoms with Gasteiger partial charge in [0.1, 0.15) is 0 Å². The molecule has 1 aliphatic rings. The van der Waals surface area contributed by atoms with Crippen LogP contribution in [-0.2, 0) is 27.2 Å². The molecular weight excluding hydrogens is 378 g/mol. The highest BCUT2D eigenvalue weighted by atomic mass is 16.5.